The molecule has 3 N–H and O–H groups in total. The molecule has 3 heterocycles. The van der Waals surface area contributed by atoms with Crippen LogP contribution in [0.15, 0.2) is 81.8 Å². The molecule has 4 aromatic carbocycles. The minimum atomic E-state index is -0.747. The van der Waals surface area contributed by atoms with E-state index < -0.39 is 18.4 Å². The molecule has 4 unspecified atom stereocenters. The average molecular weight is 891 g/mol. The van der Waals surface area contributed by atoms with Crippen LogP contribution >= 0.6 is 0 Å². The van der Waals surface area contributed by atoms with Gasteiger partial charge < -0.3 is 38.8 Å². The number of aliphatic carboxylic acids is 1. The maximum atomic E-state index is 11.4. The number of aliphatic hydroxyl groups excluding tert-OH is 1. The Morgan fingerprint density at radius 1 is 0.833 bits per heavy atom. The number of nitriles is 2. The number of hydrogen-bond acceptors (Lipinski definition) is 15. The number of nitrogens with zero attached hydrogens (tertiary/aromatic N) is 7. The van der Waals surface area contributed by atoms with Gasteiger partial charge in [0.2, 0.25) is 11.6 Å². The lowest BCUT2D eigenvalue weighted by molar-refractivity contribution is -0.148. The Morgan fingerprint density at radius 2 is 1.42 bits per heavy atom. The van der Waals surface area contributed by atoms with Gasteiger partial charge in [-0.15, -0.1) is 0 Å². The number of aliphatic hydroxyl groups is 1. The number of rotatable bonds is 18. The molecule has 2 aromatic heterocycles. The number of hydrogen-bond donors (Lipinski definition) is 3. The average Bonchev–Trinajstić information content (AvgIpc) is 4.14. The molecule has 66 heavy (non-hydrogen) atoms. The molecule has 1 fully saturated rings. The molecule has 338 valence electrons. The SMILES string of the molecule is CC(C)Oc1ccc(-c2nc(-c3cccc4c3CCC4NCCCC(O)COC(C)Oc3ccc(-c4nc(-c5cccc6c5CCC6N5CC(C(=O)O)C5)no4)cc3C#N)no2)cc1C#N. The number of aromatic nitrogens is 4. The Balaban J connectivity index is 0.737. The second-order valence-corrected chi connectivity index (χ2v) is 17.3. The molecule has 16 heteroatoms. The lowest BCUT2D eigenvalue weighted by atomic mass is 9.94. The van der Waals surface area contributed by atoms with E-state index in [9.17, 15) is 25.5 Å². The topological polar surface area (TPSA) is 226 Å². The summed E-state index contributed by atoms with van der Waals surface area (Å²) in [4.78, 5) is 23.0. The summed E-state index contributed by atoms with van der Waals surface area (Å²) >= 11 is 0. The van der Waals surface area contributed by atoms with E-state index in [0.717, 1.165) is 48.8 Å². The highest BCUT2D eigenvalue weighted by atomic mass is 16.7. The summed E-state index contributed by atoms with van der Waals surface area (Å²) in [6.45, 7) is 7.40. The smallest absolute Gasteiger partial charge is 0.309 e. The van der Waals surface area contributed by atoms with E-state index in [0.29, 0.717) is 71.8 Å². The Hall–Kier alpha value is -6.95. The summed E-state index contributed by atoms with van der Waals surface area (Å²) in [7, 11) is 0. The molecule has 3 aliphatic rings. The van der Waals surface area contributed by atoms with Gasteiger partial charge in [-0.1, -0.05) is 46.7 Å². The second kappa shape index (κ2) is 19.3. The maximum absolute atomic E-state index is 11.4. The van der Waals surface area contributed by atoms with E-state index in [-0.39, 0.29) is 42.2 Å². The molecule has 16 nitrogen and oxygen atoms in total. The van der Waals surface area contributed by atoms with Gasteiger partial charge in [0.05, 0.1) is 35.9 Å². The highest BCUT2D eigenvalue weighted by Crippen LogP contribution is 2.43. The zero-order valence-electron chi connectivity index (χ0n) is 36.9. The van der Waals surface area contributed by atoms with Crippen LogP contribution in [0.4, 0.5) is 0 Å². The van der Waals surface area contributed by atoms with Gasteiger partial charge in [0.25, 0.3) is 11.8 Å². The van der Waals surface area contributed by atoms with E-state index in [2.05, 4.69) is 49.8 Å². The van der Waals surface area contributed by atoms with Crippen molar-refractivity contribution in [1.29, 1.82) is 10.5 Å². The Kier molecular flexibility index (Phi) is 12.9. The highest BCUT2D eigenvalue weighted by molar-refractivity contribution is 5.72. The Morgan fingerprint density at radius 3 is 2.03 bits per heavy atom. The molecule has 0 spiro atoms. The summed E-state index contributed by atoms with van der Waals surface area (Å²) < 4.78 is 28.9. The van der Waals surface area contributed by atoms with Crippen LogP contribution in [0, 0.1) is 28.6 Å². The van der Waals surface area contributed by atoms with Crippen LogP contribution in [0.5, 0.6) is 11.5 Å². The van der Waals surface area contributed by atoms with Crippen LogP contribution in [0.3, 0.4) is 0 Å². The number of ether oxygens (including phenoxy) is 3. The van der Waals surface area contributed by atoms with Crippen molar-refractivity contribution < 1.29 is 38.3 Å². The van der Waals surface area contributed by atoms with Crippen molar-refractivity contribution in [1.82, 2.24) is 30.5 Å². The largest absolute Gasteiger partial charge is 0.490 e. The van der Waals surface area contributed by atoms with Gasteiger partial charge in [0.1, 0.15) is 23.6 Å². The number of carbonyl (C=O) groups is 1. The number of carboxylic acids is 1. The molecule has 6 aromatic rings. The van der Waals surface area contributed by atoms with Gasteiger partial charge in [-0.2, -0.15) is 20.5 Å². The molecular formula is C50H50N8O8. The zero-order valence-corrected chi connectivity index (χ0v) is 36.9. The predicted octanol–water partition coefficient (Wildman–Crippen LogP) is 7.81. The van der Waals surface area contributed by atoms with Gasteiger partial charge in [0, 0.05) is 47.4 Å². The zero-order chi connectivity index (χ0) is 45.9. The maximum Gasteiger partial charge on any atom is 0.309 e. The second-order valence-electron chi connectivity index (χ2n) is 17.3. The van der Waals surface area contributed by atoms with Crippen molar-refractivity contribution in [2.45, 2.75) is 89.9 Å². The standard InChI is InChI=1S/C50H50N8O8/c1-28(2)63-44-18-12-30(21-32(44)23-51)48-54-46(56-65-48)40-10-4-8-38-36(40)14-16-42(38)53-20-6-7-35(59)27-62-29(3)64-45-19-13-31(22-33(45)24-52)49-55-47(57-66-49)41-11-5-9-39-37(41)15-17-43(39)58-25-34(26-58)50(60)61/h4-5,8-13,18-19,21-22,28-29,34-35,42-43,53,59H,6-7,14-17,20,25-27H2,1-3H3,(H,60,61). The first-order chi connectivity index (χ1) is 32.1. The van der Waals surface area contributed by atoms with Gasteiger partial charge in [-0.05, 0) is 124 Å². The summed E-state index contributed by atoms with van der Waals surface area (Å²) in [5.41, 5.74) is 8.34. The minimum absolute atomic E-state index is 0.0617. The monoisotopic (exact) mass is 890 g/mol. The first-order valence-corrected chi connectivity index (χ1v) is 22.4. The van der Waals surface area contributed by atoms with Crippen molar-refractivity contribution in [3.8, 4) is 69.3 Å². The van der Waals surface area contributed by atoms with E-state index in [1.54, 1.807) is 37.3 Å². The van der Waals surface area contributed by atoms with Gasteiger partial charge in [-0.3, -0.25) is 9.69 Å². The van der Waals surface area contributed by atoms with Crippen molar-refractivity contribution in [3.05, 3.63) is 106 Å². The summed E-state index contributed by atoms with van der Waals surface area (Å²) in [5, 5.41) is 52.0. The summed E-state index contributed by atoms with van der Waals surface area (Å²) in [5.74, 6) is 1.32. The van der Waals surface area contributed by atoms with Crippen LogP contribution in [-0.2, 0) is 22.4 Å². The predicted molar refractivity (Wildman–Crippen MR) is 240 cm³/mol. The van der Waals surface area contributed by atoms with Crippen LogP contribution in [0.1, 0.15) is 91.9 Å². The van der Waals surface area contributed by atoms with Crippen molar-refractivity contribution >= 4 is 5.97 Å². The van der Waals surface area contributed by atoms with Crippen LogP contribution in [0.25, 0.3) is 45.7 Å². The molecule has 0 radical (unpaired) electrons. The molecule has 0 amide bonds. The van der Waals surface area contributed by atoms with Crippen LogP contribution < -0.4 is 14.8 Å². The number of fused-ring (bicyclic) bond motifs is 2. The van der Waals surface area contributed by atoms with Gasteiger partial charge in [-0.25, -0.2) is 0 Å². The fourth-order valence-electron chi connectivity index (χ4n) is 9.24. The Labute approximate surface area is 381 Å². The first kappa shape index (κ1) is 44.3. The van der Waals surface area contributed by atoms with Crippen molar-refractivity contribution in [2.24, 2.45) is 5.92 Å². The number of nitrogens with one attached hydrogen (secondary N) is 1. The van der Waals surface area contributed by atoms with Gasteiger partial charge in [0.15, 0.2) is 6.29 Å². The summed E-state index contributed by atoms with van der Waals surface area (Å²) in [6.07, 6.45) is 3.24. The van der Waals surface area contributed by atoms with E-state index in [4.69, 9.17) is 28.2 Å². The van der Waals surface area contributed by atoms with Crippen molar-refractivity contribution in [2.75, 3.05) is 26.2 Å². The molecule has 9 rings (SSSR count). The molecule has 0 saturated carbocycles. The van der Waals surface area contributed by atoms with E-state index in [1.807, 2.05) is 44.2 Å². The molecule has 0 bridgehead atoms. The minimum Gasteiger partial charge on any atom is -0.490 e. The fraction of sp³-hybridized carbons (Fsp3) is 0.380. The number of likely N-dealkylation sites (tertiary alicyclic amines) is 1. The third kappa shape index (κ3) is 9.27. The third-order valence-electron chi connectivity index (χ3n) is 12.5. The number of benzene rings is 4. The van der Waals surface area contributed by atoms with Crippen LogP contribution in [-0.4, -0.2) is 86.1 Å². The first-order valence-electron chi connectivity index (χ1n) is 22.4. The van der Waals surface area contributed by atoms with Gasteiger partial charge >= 0.3 is 5.97 Å². The number of carboxylic acid groups (broad SMARTS) is 1. The lowest BCUT2D eigenvalue weighted by Crippen LogP contribution is -2.51. The van der Waals surface area contributed by atoms with E-state index in [1.165, 1.54) is 16.7 Å². The molecule has 2 aliphatic carbocycles. The quantitative estimate of drug-likeness (QED) is 0.0552. The molecule has 1 saturated heterocycles. The summed E-state index contributed by atoms with van der Waals surface area (Å²) in [6, 6.07) is 27.2. The molecule has 1 aliphatic heterocycles. The molecule has 4 atom stereocenters. The highest BCUT2D eigenvalue weighted by Gasteiger charge is 2.40. The Bertz CT molecular complexity index is 2820. The lowest BCUT2D eigenvalue weighted by Gasteiger charge is -2.41. The van der Waals surface area contributed by atoms with Crippen molar-refractivity contribution in [3.63, 3.8) is 0 Å². The fourth-order valence-corrected chi connectivity index (χ4v) is 9.24. The third-order valence-corrected chi connectivity index (χ3v) is 12.5. The van der Waals surface area contributed by atoms with E-state index >= 15 is 0 Å². The normalized spacial score (nSPS) is 17.7. The molecular weight excluding hydrogens is 841 g/mol. The van der Waals surface area contributed by atoms with Crippen LogP contribution in [0.2, 0.25) is 0 Å².